The van der Waals surface area contributed by atoms with Crippen LogP contribution in [0.2, 0.25) is 5.15 Å². The summed E-state index contributed by atoms with van der Waals surface area (Å²) in [5.41, 5.74) is 1.36. The van der Waals surface area contributed by atoms with E-state index in [4.69, 9.17) is 11.6 Å². The minimum Gasteiger partial charge on any atom is -0.312 e. The summed E-state index contributed by atoms with van der Waals surface area (Å²) in [4.78, 5) is 14.1. The van der Waals surface area contributed by atoms with Crippen molar-refractivity contribution in [2.45, 2.75) is 6.92 Å². The Morgan fingerprint density at radius 1 is 1.71 bits per heavy atom. The van der Waals surface area contributed by atoms with Crippen LogP contribution in [0.25, 0.3) is 10.9 Å². The Balaban J connectivity index is 2.96. The van der Waals surface area contributed by atoms with Gasteiger partial charge in [-0.3, -0.25) is 4.79 Å². The van der Waals surface area contributed by atoms with Crippen LogP contribution in [-0.2, 0) is 0 Å². The third-order valence-corrected chi connectivity index (χ3v) is 3.98. The first-order valence-electron chi connectivity index (χ1n) is 3.78. The molecular formula is C7H6ClIN3OP. The molecule has 2 rings (SSSR count). The molecule has 0 fully saturated rings. The summed E-state index contributed by atoms with van der Waals surface area (Å²) in [6.07, 6.45) is 0.462. The predicted molar refractivity (Wildman–Crippen MR) is 67.8 cm³/mol. The molecule has 74 valence electrons. The molecular weight excluding hydrogens is 335 g/mol. The Morgan fingerprint density at radius 2 is 2.43 bits per heavy atom. The number of pyridine rings is 1. The molecule has 0 amide bonds. The molecule has 0 saturated heterocycles. The van der Waals surface area contributed by atoms with Crippen molar-refractivity contribution in [2.75, 3.05) is 0 Å². The van der Waals surface area contributed by atoms with Crippen molar-refractivity contribution in [3.05, 3.63) is 27.3 Å². The molecule has 0 spiro atoms. The Labute approximate surface area is 99.3 Å². The maximum absolute atomic E-state index is 11.6. The number of aromatic nitrogens is 3. The topological polar surface area (TPSA) is 50.7 Å². The third kappa shape index (κ3) is 1.57. The largest absolute Gasteiger partial charge is 0.312 e. The van der Waals surface area contributed by atoms with Crippen molar-refractivity contribution in [2.24, 2.45) is 0 Å². The average Bonchev–Trinajstić information content (AvgIpc) is 2.42. The van der Waals surface area contributed by atoms with Crippen LogP contribution in [0.3, 0.4) is 0 Å². The van der Waals surface area contributed by atoms with Gasteiger partial charge in [-0.1, -0.05) is 11.6 Å². The smallest absolute Gasteiger partial charge is 0.260 e. The molecule has 0 aromatic carbocycles. The third-order valence-electron chi connectivity index (χ3n) is 1.90. The molecule has 1 atom stereocenters. The van der Waals surface area contributed by atoms with Crippen molar-refractivity contribution < 1.29 is 0 Å². The van der Waals surface area contributed by atoms with E-state index in [0.29, 0.717) is 16.9 Å². The lowest BCUT2D eigenvalue weighted by molar-refractivity contribution is 1.00. The van der Waals surface area contributed by atoms with Gasteiger partial charge in [0.2, 0.25) is 0 Å². The Bertz CT molecular complexity index is 550. The minimum absolute atomic E-state index is 0.175. The highest BCUT2D eigenvalue weighted by molar-refractivity contribution is 14.2. The van der Waals surface area contributed by atoms with Crippen molar-refractivity contribution >= 4 is 50.9 Å². The normalized spacial score (nSPS) is 11.9. The van der Waals surface area contributed by atoms with Gasteiger partial charge in [-0.05, 0) is 29.0 Å². The highest BCUT2D eigenvalue weighted by atomic mass is 127. The molecule has 0 aliphatic heterocycles. The summed E-state index contributed by atoms with van der Waals surface area (Å²) in [6, 6.07) is 1.73. The van der Waals surface area contributed by atoms with E-state index in [2.05, 4.69) is 32.1 Å². The summed E-state index contributed by atoms with van der Waals surface area (Å²) in [5.74, 6) is 0. The van der Waals surface area contributed by atoms with E-state index in [9.17, 15) is 4.79 Å². The van der Waals surface area contributed by atoms with Gasteiger partial charge in [-0.15, -0.1) is 0 Å². The molecule has 2 heterocycles. The number of aryl methyl sites for hydroxylation is 1. The van der Waals surface area contributed by atoms with Crippen molar-refractivity contribution in [3.63, 3.8) is 0 Å². The highest BCUT2D eigenvalue weighted by Crippen LogP contribution is 2.29. The lowest BCUT2D eigenvalue weighted by Crippen LogP contribution is -2.05. The first-order valence-corrected chi connectivity index (χ1v) is 8.22. The van der Waals surface area contributed by atoms with Gasteiger partial charge in [0.25, 0.3) is 5.56 Å². The fourth-order valence-electron chi connectivity index (χ4n) is 1.35. The monoisotopic (exact) mass is 341 g/mol. The van der Waals surface area contributed by atoms with Crippen LogP contribution in [0.5, 0.6) is 0 Å². The zero-order valence-corrected chi connectivity index (χ0v) is 11.0. The van der Waals surface area contributed by atoms with Crippen LogP contribution in [-0.4, -0.2) is 14.5 Å². The quantitative estimate of drug-likeness (QED) is 0.492. The standard InChI is InChI=1S/C7H6ClIN3OP/c1-3-6-4(12(11-3)14-9)2-5(8)10-7(6)13/h2,14H,1H3,(H,10,13). The number of nitrogens with one attached hydrogen (secondary N) is 1. The molecule has 4 nitrogen and oxygen atoms in total. The molecule has 0 saturated carbocycles. The first kappa shape index (κ1) is 10.4. The highest BCUT2D eigenvalue weighted by Gasteiger charge is 2.10. The molecule has 2 aromatic rings. The Kier molecular flexibility index (Phi) is 2.81. The number of H-pyrrole nitrogens is 1. The van der Waals surface area contributed by atoms with E-state index < -0.39 is 0 Å². The zero-order chi connectivity index (χ0) is 10.3. The molecule has 0 aliphatic carbocycles. The molecule has 0 bridgehead atoms. The molecule has 1 unspecified atom stereocenters. The van der Waals surface area contributed by atoms with E-state index in [0.717, 1.165) is 11.2 Å². The van der Waals surface area contributed by atoms with E-state index in [1.54, 1.807) is 10.5 Å². The van der Waals surface area contributed by atoms with Gasteiger partial charge >= 0.3 is 0 Å². The second-order valence-electron chi connectivity index (χ2n) is 2.79. The summed E-state index contributed by atoms with van der Waals surface area (Å²) in [5, 5.41) is 5.22. The molecule has 14 heavy (non-hydrogen) atoms. The second-order valence-corrected chi connectivity index (χ2v) is 5.24. The number of rotatable bonds is 1. The van der Waals surface area contributed by atoms with Crippen LogP contribution >= 0.6 is 40.0 Å². The van der Waals surface area contributed by atoms with Gasteiger partial charge in [0.05, 0.1) is 23.0 Å². The number of aromatic amines is 1. The van der Waals surface area contributed by atoms with Crippen molar-refractivity contribution in [1.29, 1.82) is 0 Å². The number of hydrogen-bond acceptors (Lipinski definition) is 2. The lowest BCUT2D eigenvalue weighted by atomic mass is 10.3. The van der Waals surface area contributed by atoms with Gasteiger partial charge in [-0.25, -0.2) is 4.45 Å². The van der Waals surface area contributed by atoms with Gasteiger partial charge in [0, 0.05) is 6.07 Å². The predicted octanol–water partition coefficient (Wildman–Crippen LogP) is 2.48. The first-order chi connectivity index (χ1) is 6.63. The molecule has 7 heteroatoms. The van der Waals surface area contributed by atoms with Gasteiger partial charge < -0.3 is 4.98 Å². The van der Waals surface area contributed by atoms with Crippen molar-refractivity contribution in [1.82, 2.24) is 14.5 Å². The SMILES string of the molecule is Cc1nn(PI)c2cc(Cl)[nH]c(=O)c12. The van der Waals surface area contributed by atoms with Crippen molar-refractivity contribution in [3.8, 4) is 0 Å². The van der Waals surface area contributed by atoms with Crippen LogP contribution in [0.4, 0.5) is 0 Å². The number of fused-ring (bicyclic) bond motifs is 1. The van der Waals surface area contributed by atoms with Crippen LogP contribution in [0.1, 0.15) is 5.69 Å². The fourth-order valence-corrected chi connectivity index (χ4v) is 3.10. The van der Waals surface area contributed by atoms with Gasteiger partial charge in [-0.2, -0.15) is 5.10 Å². The Morgan fingerprint density at radius 3 is 3.07 bits per heavy atom. The van der Waals surface area contributed by atoms with Gasteiger partial charge in [0.15, 0.2) is 0 Å². The summed E-state index contributed by atoms with van der Waals surface area (Å²) in [6.45, 7) is 1.82. The van der Waals surface area contributed by atoms with Crippen LogP contribution < -0.4 is 5.56 Å². The van der Waals surface area contributed by atoms with E-state index in [1.165, 1.54) is 0 Å². The molecule has 2 aromatic heterocycles. The Hall–Kier alpha value is -0.130. The molecule has 0 aliphatic rings. The van der Waals surface area contributed by atoms with Gasteiger partial charge in [0.1, 0.15) is 5.15 Å². The zero-order valence-electron chi connectivity index (χ0n) is 7.14. The lowest BCUT2D eigenvalue weighted by Gasteiger charge is -1.96. The number of nitrogens with zero attached hydrogens (tertiary/aromatic N) is 2. The molecule has 1 N–H and O–H groups in total. The average molecular weight is 341 g/mol. The second kappa shape index (κ2) is 3.79. The van der Waals surface area contributed by atoms with E-state index >= 15 is 0 Å². The summed E-state index contributed by atoms with van der Waals surface area (Å²) < 4.78 is 1.78. The maximum Gasteiger partial charge on any atom is 0.260 e. The minimum atomic E-state index is -0.175. The molecule has 0 radical (unpaired) electrons. The summed E-state index contributed by atoms with van der Waals surface area (Å²) in [7, 11) is 0. The summed E-state index contributed by atoms with van der Waals surface area (Å²) >= 11 is 7.98. The van der Waals surface area contributed by atoms with E-state index in [1.807, 2.05) is 6.92 Å². The fraction of sp³-hybridized carbons (Fsp3) is 0.143. The van der Waals surface area contributed by atoms with Crippen LogP contribution in [0, 0.1) is 6.92 Å². The van der Waals surface area contributed by atoms with E-state index in [-0.39, 0.29) is 5.56 Å². The maximum atomic E-state index is 11.6. The number of hydrogen-bond donors (Lipinski definition) is 1. The van der Waals surface area contributed by atoms with Crippen LogP contribution in [0.15, 0.2) is 10.9 Å². The number of halogens is 2.